The van der Waals surface area contributed by atoms with Crippen LogP contribution in [0.3, 0.4) is 0 Å². The van der Waals surface area contributed by atoms with Crippen LogP contribution >= 0.6 is 0 Å². The third kappa shape index (κ3) is 3.33. The molecule has 2 aromatic rings. The maximum atomic E-state index is 12.9. The van der Waals surface area contributed by atoms with E-state index >= 15 is 0 Å². The number of unbranched alkanes of at least 4 members (excludes halogenated alkanes) is 1. The van der Waals surface area contributed by atoms with Crippen LogP contribution in [0, 0.1) is 13.8 Å². The van der Waals surface area contributed by atoms with Gasteiger partial charge in [-0.2, -0.15) is 0 Å². The fourth-order valence-electron chi connectivity index (χ4n) is 2.76. The van der Waals surface area contributed by atoms with Crippen molar-refractivity contribution in [3.63, 3.8) is 0 Å². The van der Waals surface area contributed by atoms with Gasteiger partial charge in [-0.15, -0.1) is 0 Å². The molecule has 1 heterocycles. The topological polar surface area (TPSA) is 56.3 Å². The second-order valence-corrected chi connectivity index (χ2v) is 5.83. The molecule has 0 saturated carbocycles. The molecule has 0 aliphatic carbocycles. The van der Waals surface area contributed by atoms with Crippen molar-refractivity contribution in [1.29, 1.82) is 0 Å². The number of carbonyl (C=O) groups is 1. The normalized spacial score (nSPS) is 11.1. The third-order valence-electron chi connectivity index (χ3n) is 4.23. The van der Waals surface area contributed by atoms with E-state index in [0.717, 1.165) is 41.5 Å². The molecule has 0 aliphatic rings. The van der Waals surface area contributed by atoms with Crippen LogP contribution in [0.4, 0.5) is 0 Å². The molecule has 1 aromatic heterocycles. The number of para-hydroxylation sites is 1. The largest absolute Gasteiger partial charge is 0.396 e. The van der Waals surface area contributed by atoms with E-state index in [9.17, 15) is 4.79 Å². The van der Waals surface area contributed by atoms with Crippen molar-refractivity contribution in [3.8, 4) is 0 Å². The lowest BCUT2D eigenvalue weighted by molar-refractivity contribution is 0.0744. The van der Waals surface area contributed by atoms with Crippen LogP contribution in [0.5, 0.6) is 0 Å². The Morgan fingerprint density at radius 1 is 1.23 bits per heavy atom. The second-order valence-electron chi connectivity index (χ2n) is 5.83. The average Bonchev–Trinajstić information content (AvgIpc) is 2.82. The molecule has 0 fully saturated rings. The van der Waals surface area contributed by atoms with Gasteiger partial charge in [-0.25, -0.2) is 0 Å². The van der Waals surface area contributed by atoms with E-state index in [-0.39, 0.29) is 12.5 Å². The first kappa shape index (κ1) is 16.6. The molecule has 0 atom stereocenters. The maximum absolute atomic E-state index is 12.9. The fourth-order valence-corrected chi connectivity index (χ4v) is 2.76. The number of H-pyrrole nitrogens is 1. The van der Waals surface area contributed by atoms with Crippen molar-refractivity contribution < 1.29 is 9.90 Å². The van der Waals surface area contributed by atoms with Gasteiger partial charge in [0.1, 0.15) is 0 Å². The highest BCUT2D eigenvalue weighted by atomic mass is 16.3. The van der Waals surface area contributed by atoms with Crippen molar-refractivity contribution in [3.05, 3.63) is 35.0 Å². The van der Waals surface area contributed by atoms with Gasteiger partial charge in [-0.3, -0.25) is 4.79 Å². The van der Waals surface area contributed by atoms with E-state index in [2.05, 4.69) is 24.9 Å². The van der Waals surface area contributed by atoms with Crippen LogP contribution in [-0.4, -0.2) is 40.6 Å². The molecule has 4 nitrogen and oxygen atoms in total. The molecule has 0 saturated heterocycles. The van der Waals surface area contributed by atoms with Crippen molar-refractivity contribution in [2.75, 3.05) is 19.7 Å². The summed E-state index contributed by atoms with van der Waals surface area (Å²) in [5, 5.41) is 10.2. The molecule has 1 aromatic carbocycles. The summed E-state index contributed by atoms with van der Waals surface area (Å²) in [5.74, 6) is 0.0498. The van der Waals surface area contributed by atoms with Gasteiger partial charge >= 0.3 is 0 Å². The molecule has 0 spiro atoms. The van der Waals surface area contributed by atoms with E-state index in [1.165, 1.54) is 5.56 Å². The SMILES string of the molecule is CCCCN(CCCO)C(=O)c1cccc2c(C)c(C)[nH]c12. The number of nitrogens with one attached hydrogen (secondary N) is 1. The number of amides is 1. The van der Waals surface area contributed by atoms with Crippen LogP contribution in [0.25, 0.3) is 10.9 Å². The lowest BCUT2D eigenvalue weighted by atomic mass is 10.1. The first-order valence-electron chi connectivity index (χ1n) is 8.08. The van der Waals surface area contributed by atoms with Gasteiger partial charge < -0.3 is 15.0 Å². The highest BCUT2D eigenvalue weighted by Crippen LogP contribution is 2.25. The Bertz CT molecular complexity index is 638. The number of aliphatic hydroxyl groups is 1. The van der Waals surface area contributed by atoms with E-state index in [0.29, 0.717) is 13.0 Å². The number of fused-ring (bicyclic) bond motifs is 1. The van der Waals surface area contributed by atoms with E-state index in [1.807, 2.05) is 24.0 Å². The lowest BCUT2D eigenvalue weighted by Crippen LogP contribution is -2.33. The monoisotopic (exact) mass is 302 g/mol. The van der Waals surface area contributed by atoms with Gasteiger partial charge in [0.05, 0.1) is 11.1 Å². The highest BCUT2D eigenvalue weighted by Gasteiger charge is 2.19. The summed E-state index contributed by atoms with van der Waals surface area (Å²) in [4.78, 5) is 18.1. The van der Waals surface area contributed by atoms with Crippen molar-refractivity contribution >= 4 is 16.8 Å². The van der Waals surface area contributed by atoms with E-state index < -0.39 is 0 Å². The van der Waals surface area contributed by atoms with Gasteiger partial charge in [0.2, 0.25) is 0 Å². The summed E-state index contributed by atoms with van der Waals surface area (Å²) in [7, 11) is 0. The third-order valence-corrected chi connectivity index (χ3v) is 4.23. The molecular formula is C18H26N2O2. The summed E-state index contributed by atoms with van der Waals surface area (Å²) in [6.07, 6.45) is 2.65. The number of nitrogens with zero attached hydrogens (tertiary/aromatic N) is 1. The predicted octanol–water partition coefficient (Wildman–Crippen LogP) is 3.41. The number of benzene rings is 1. The number of aryl methyl sites for hydroxylation is 2. The van der Waals surface area contributed by atoms with Gasteiger partial charge in [-0.1, -0.05) is 25.5 Å². The Morgan fingerprint density at radius 2 is 1.95 bits per heavy atom. The van der Waals surface area contributed by atoms with Gasteiger partial charge in [0, 0.05) is 30.8 Å². The standard InChI is InChI=1S/C18H26N2O2/c1-4-5-10-20(11-7-12-21)18(22)16-9-6-8-15-13(2)14(3)19-17(15)16/h6,8-9,19,21H,4-5,7,10-12H2,1-3H3. The Morgan fingerprint density at radius 3 is 2.64 bits per heavy atom. The zero-order valence-corrected chi connectivity index (χ0v) is 13.8. The van der Waals surface area contributed by atoms with Gasteiger partial charge in [0.25, 0.3) is 5.91 Å². The molecule has 0 bridgehead atoms. The smallest absolute Gasteiger partial charge is 0.255 e. The minimum atomic E-state index is 0.0498. The minimum Gasteiger partial charge on any atom is -0.396 e. The van der Waals surface area contributed by atoms with E-state index in [4.69, 9.17) is 5.11 Å². The molecule has 2 rings (SSSR count). The Balaban J connectivity index is 2.35. The van der Waals surface area contributed by atoms with Crippen LogP contribution in [0.2, 0.25) is 0 Å². The van der Waals surface area contributed by atoms with Crippen LogP contribution in [0.15, 0.2) is 18.2 Å². The highest BCUT2D eigenvalue weighted by molar-refractivity contribution is 6.06. The number of carbonyl (C=O) groups excluding carboxylic acids is 1. The quantitative estimate of drug-likeness (QED) is 0.823. The van der Waals surface area contributed by atoms with Gasteiger partial charge in [0.15, 0.2) is 0 Å². The molecule has 0 unspecified atom stereocenters. The summed E-state index contributed by atoms with van der Waals surface area (Å²) in [6.45, 7) is 7.68. The minimum absolute atomic E-state index is 0.0498. The number of hydrogen-bond acceptors (Lipinski definition) is 2. The Hall–Kier alpha value is -1.81. The predicted molar refractivity (Wildman–Crippen MR) is 90.3 cm³/mol. The zero-order valence-electron chi connectivity index (χ0n) is 13.8. The maximum Gasteiger partial charge on any atom is 0.255 e. The van der Waals surface area contributed by atoms with Gasteiger partial charge in [-0.05, 0) is 38.3 Å². The number of aliphatic hydroxyl groups excluding tert-OH is 1. The number of aromatic amines is 1. The van der Waals surface area contributed by atoms with Crippen LogP contribution < -0.4 is 0 Å². The van der Waals surface area contributed by atoms with Crippen molar-refractivity contribution in [1.82, 2.24) is 9.88 Å². The average molecular weight is 302 g/mol. The zero-order chi connectivity index (χ0) is 16.1. The fraction of sp³-hybridized carbons (Fsp3) is 0.500. The molecule has 1 amide bonds. The molecule has 4 heteroatoms. The van der Waals surface area contributed by atoms with Crippen molar-refractivity contribution in [2.24, 2.45) is 0 Å². The molecule has 0 radical (unpaired) electrons. The molecule has 22 heavy (non-hydrogen) atoms. The second kappa shape index (κ2) is 7.45. The first-order valence-corrected chi connectivity index (χ1v) is 8.08. The lowest BCUT2D eigenvalue weighted by Gasteiger charge is -2.22. The summed E-state index contributed by atoms with van der Waals surface area (Å²) >= 11 is 0. The van der Waals surface area contributed by atoms with Crippen LogP contribution in [-0.2, 0) is 0 Å². The van der Waals surface area contributed by atoms with Crippen molar-refractivity contribution in [2.45, 2.75) is 40.0 Å². The summed E-state index contributed by atoms with van der Waals surface area (Å²) < 4.78 is 0. The first-order chi connectivity index (χ1) is 10.6. The Kier molecular flexibility index (Phi) is 5.61. The van der Waals surface area contributed by atoms with E-state index in [1.54, 1.807) is 0 Å². The Labute approximate surface area is 132 Å². The molecule has 120 valence electrons. The number of rotatable bonds is 7. The summed E-state index contributed by atoms with van der Waals surface area (Å²) in [6, 6.07) is 5.88. The van der Waals surface area contributed by atoms with Crippen LogP contribution in [0.1, 0.15) is 47.8 Å². The molecule has 2 N–H and O–H groups in total. The number of hydrogen-bond donors (Lipinski definition) is 2. The number of aromatic nitrogens is 1. The molecular weight excluding hydrogens is 276 g/mol. The molecule has 0 aliphatic heterocycles. The summed E-state index contributed by atoms with van der Waals surface area (Å²) in [5.41, 5.74) is 3.95.